The van der Waals surface area contributed by atoms with Gasteiger partial charge in [0.2, 0.25) is 0 Å². The molecular weight excluding hydrogens is 621 g/mol. The molecule has 0 saturated carbocycles. The number of hydrogen-bond donors (Lipinski definition) is 2. The van der Waals surface area contributed by atoms with Crippen LogP contribution in [0.25, 0.3) is 0 Å². The number of hydrogen-bond acceptors (Lipinski definition) is 4. The lowest BCUT2D eigenvalue weighted by atomic mass is 9.96. The van der Waals surface area contributed by atoms with Crippen LogP contribution in [-0.4, -0.2) is 97.1 Å². The molecule has 0 aromatic heterocycles. The Labute approximate surface area is 298 Å². The third-order valence-electron chi connectivity index (χ3n) is 10.1. The van der Waals surface area contributed by atoms with Crippen molar-refractivity contribution in [3.63, 3.8) is 0 Å². The number of piperazine rings is 2. The van der Waals surface area contributed by atoms with E-state index in [1.807, 2.05) is 9.80 Å². The number of carbonyl (C=O) groups is 2. The molecule has 0 radical (unpaired) electrons. The van der Waals surface area contributed by atoms with Crippen molar-refractivity contribution in [2.75, 3.05) is 65.4 Å². The van der Waals surface area contributed by atoms with E-state index in [2.05, 4.69) is 142 Å². The first-order chi connectivity index (χ1) is 24.7. The standard InChI is InChI=1S/C42H52N6O2/c49-41(47-31-27-45(28-32-47)39(35-17-7-3-8-18-35)36-19-9-4-10-20-36)43-25-15-1-2-16-26-44-42(50)48-33-29-46(30-34-48)40(37-21-11-5-12-22-37)38-23-13-6-14-24-38/h3-14,17-24,39-40H,1-2,15-16,25-34H2,(H,43,49)(H,44,50). The normalized spacial score (nSPS) is 15.7. The number of nitrogens with zero attached hydrogens (tertiary/aromatic N) is 4. The Hall–Kier alpha value is -4.66. The van der Waals surface area contributed by atoms with Crippen LogP contribution in [0.15, 0.2) is 121 Å². The summed E-state index contributed by atoms with van der Waals surface area (Å²) in [6.07, 6.45) is 3.93. The van der Waals surface area contributed by atoms with Crippen molar-refractivity contribution in [3.8, 4) is 0 Å². The summed E-state index contributed by atoms with van der Waals surface area (Å²) in [7, 11) is 0. The number of rotatable bonds is 13. The maximum absolute atomic E-state index is 12.9. The van der Waals surface area contributed by atoms with Crippen molar-refractivity contribution >= 4 is 12.1 Å². The predicted molar refractivity (Wildman–Crippen MR) is 201 cm³/mol. The molecule has 4 aromatic carbocycles. The topological polar surface area (TPSA) is 71.2 Å². The fourth-order valence-electron chi connectivity index (χ4n) is 7.35. The number of carbonyl (C=O) groups excluding carboxylic acids is 2. The molecule has 0 bridgehead atoms. The van der Waals surface area contributed by atoms with Crippen LogP contribution in [0.2, 0.25) is 0 Å². The highest BCUT2D eigenvalue weighted by atomic mass is 16.2. The van der Waals surface area contributed by atoms with Gasteiger partial charge in [0, 0.05) is 65.4 Å². The number of nitrogens with one attached hydrogen (secondary N) is 2. The van der Waals surface area contributed by atoms with Crippen molar-refractivity contribution in [2.45, 2.75) is 37.8 Å². The summed E-state index contributed by atoms with van der Waals surface area (Å²) in [4.78, 5) is 34.7. The van der Waals surface area contributed by atoms with Crippen LogP contribution < -0.4 is 10.6 Å². The highest BCUT2D eigenvalue weighted by molar-refractivity contribution is 5.74. The van der Waals surface area contributed by atoms with E-state index in [0.717, 1.165) is 78.0 Å². The van der Waals surface area contributed by atoms with Gasteiger partial charge in [-0.2, -0.15) is 0 Å². The molecule has 2 N–H and O–H groups in total. The lowest BCUT2D eigenvalue weighted by molar-refractivity contribution is 0.120. The maximum atomic E-state index is 12.9. The van der Waals surface area contributed by atoms with E-state index in [1.54, 1.807) is 0 Å². The average molecular weight is 673 g/mol. The minimum atomic E-state index is 0.0341. The molecule has 0 spiro atoms. The Bertz CT molecular complexity index is 1370. The minimum Gasteiger partial charge on any atom is -0.338 e. The van der Waals surface area contributed by atoms with E-state index in [0.29, 0.717) is 13.1 Å². The average Bonchev–Trinajstić information content (AvgIpc) is 3.18. The molecule has 8 nitrogen and oxygen atoms in total. The lowest BCUT2D eigenvalue weighted by Crippen LogP contribution is -2.52. The predicted octanol–water partition coefficient (Wildman–Crippen LogP) is 6.78. The molecule has 2 fully saturated rings. The van der Waals surface area contributed by atoms with Crippen LogP contribution in [0.5, 0.6) is 0 Å². The summed E-state index contributed by atoms with van der Waals surface area (Å²) < 4.78 is 0. The summed E-state index contributed by atoms with van der Waals surface area (Å²) in [5, 5.41) is 6.26. The fourth-order valence-corrected chi connectivity index (χ4v) is 7.35. The number of urea groups is 2. The number of unbranched alkanes of at least 4 members (excludes halogenated alkanes) is 3. The van der Waals surface area contributed by atoms with E-state index in [-0.39, 0.29) is 24.1 Å². The van der Waals surface area contributed by atoms with Crippen molar-refractivity contribution < 1.29 is 9.59 Å². The van der Waals surface area contributed by atoms with Gasteiger partial charge in [0.05, 0.1) is 12.1 Å². The van der Waals surface area contributed by atoms with Gasteiger partial charge in [-0.3, -0.25) is 9.80 Å². The minimum absolute atomic E-state index is 0.0341. The van der Waals surface area contributed by atoms with Crippen molar-refractivity contribution in [1.29, 1.82) is 0 Å². The van der Waals surface area contributed by atoms with Gasteiger partial charge in [0.25, 0.3) is 0 Å². The third kappa shape index (κ3) is 9.52. The molecule has 50 heavy (non-hydrogen) atoms. The van der Waals surface area contributed by atoms with Gasteiger partial charge >= 0.3 is 12.1 Å². The van der Waals surface area contributed by atoms with Crippen LogP contribution in [-0.2, 0) is 0 Å². The van der Waals surface area contributed by atoms with Gasteiger partial charge in [-0.15, -0.1) is 0 Å². The van der Waals surface area contributed by atoms with Crippen LogP contribution in [0.3, 0.4) is 0 Å². The van der Waals surface area contributed by atoms with Gasteiger partial charge in [-0.25, -0.2) is 9.59 Å². The molecule has 4 aromatic rings. The molecule has 0 unspecified atom stereocenters. The zero-order valence-electron chi connectivity index (χ0n) is 29.2. The molecule has 2 saturated heterocycles. The molecule has 0 aliphatic carbocycles. The van der Waals surface area contributed by atoms with E-state index in [9.17, 15) is 9.59 Å². The van der Waals surface area contributed by atoms with E-state index in [4.69, 9.17) is 0 Å². The first-order valence-electron chi connectivity index (χ1n) is 18.4. The van der Waals surface area contributed by atoms with Crippen molar-refractivity contribution in [3.05, 3.63) is 144 Å². The Morgan fingerprint density at radius 2 is 0.700 bits per heavy atom. The zero-order valence-corrected chi connectivity index (χ0v) is 29.2. The quantitative estimate of drug-likeness (QED) is 0.154. The molecule has 2 heterocycles. The summed E-state index contributed by atoms with van der Waals surface area (Å²) >= 11 is 0. The van der Waals surface area contributed by atoms with E-state index in [1.165, 1.54) is 22.3 Å². The highest BCUT2D eigenvalue weighted by Gasteiger charge is 2.29. The van der Waals surface area contributed by atoms with Crippen LogP contribution in [0.1, 0.15) is 60.0 Å². The molecule has 4 amide bonds. The van der Waals surface area contributed by atoms with Crippen molar-refractivity contribution in [2.24, 2.45) is 0 Å². The molecule has 6 rings (SSSR count). The van der Waals surface area contributed by atoms with Gasteiger partial charge in [-0.1, -0.05) is 134 Å². The molecule has 2 aliphatic rings. The largest absolute Gasteiger partial charge is 0.338 e. The van der Waals surface area contributed by atoms with Crippen LogP contribution in [0.4, 0.5) is 9.59 Å². The molecule has 8 heteroatoms. The summed E-state index contributed by atoms with van der Waals surface area (Å²) in [5.41, 5.74) is 5.13. The second kappa shape index (κ2) is 18.4. The lowest BCUT2D eigenvalue weighted by Gasteiger charge is -2.39. The van der Waals surface area contributed by atoms with Gasteiger partial charge in [-0.05, 0) is 35.1 Å². The molecule has 0 atom stereocenters. The Morgan fingerprint density at radius 3 is 0.980 bits per heavy atom. The summed E-state index contributed by atoms with van der Waals surface area (Å²) in [6, 6.07) is 43.0. The summed E-state index contributed by atoms with van der Waals surface area (Å²) in [6.45, 7) is 7.59. The first-order valence-corrected chi connectivity index (χ1v) is 18.4. The van der Waals surface area contributed by atoms with Crippen LogP contribution >= 0.6 is 0 Å². The fraction of sp³-hybridized carbons (Fsp3) is 0.381. The Morgan fingerprint density at radius 1 is 0.420 bits per heavy atom. The van der Waals surface area contributed by atoms with Crippen molar-refractivity contribution in [1.82, 2.24) is 30.2 Å². The molecule has 2 aliphatic heterocycles. The van der Waals surface area contributed by atoms with E-state index >= 15 is 0 Å². The summed E-state index contributed by atoms with van der Waals surface area (Å²) in [5.74, 6) is 0. The Kier molecular flexibility index (Phi) is 12.9. The van der Waals surface area contributed by atoms with Gasteiger partial charge < -0.3 is 20.4 Å². The first kappa shape index (κ1) is 35.2. The SMILES string of the molecule is O=C(NCCCCCCNC(=O)N1CCN(C(c2ccccc2)c2ccccc2)CC1)N1CCN(C(c2ccccc2)c2ccccc2)CC1. The van der Waals surface area contributed by atoms with Gasteiger partial charge in [0.1, 0.15) is 0 Å². The second-order valence-corrected chi connectivity index (χ2v) is 13.4. The highest BCUT2D eigenvalue weighted by Crippen LogP contribution is 2.30. The second-order valence-electron chi connectivity index (χ2n) is 13.4. The molecule has 262 valence electrons. The van der Waals surface area contributed by atoms with E-state index < -0.39 is 0 Å². The smallest absolute Gasteiger partial charge is 0.317 e. The maximum Gasteiger partial charge on any atom is 0.317 e. The zero-order chi connectivity index (χ0) is 34.4. The molecular formula is C42H52N6O2. The number of benzene rings is 4. The Balaban J connectivity index is 0.839. The number of amides is 4. The third-order valence-corrected chi connectivity index (χ3v) is 10.1. The van der Waals surface area contributed by atoms with Crippen LogP contribution in [0, 0.1) is 0 Å². The monoisotopic (exact) mass is 672 g/mol. The van der Waals surface area contributed by atoms with Gasteiger partial charge in [0.15, 0.2) is 0 Å².